The lowest BCUT2D eigenvalue weighted by atomic mass is 9.73. The van der Waals surface area contributed by atoms with E-state index < -0.39 is 0 Å². The first-order chi connectivity index (χ1) is 24.2. The highest BCUT2D eigenvalue weighted by molar-refractivity contribution is 6.02. The first-order valence-electron chi connectivity index (χ1n) is 17.2. The Balaban J connectivity index is 1.41. The highest BCUT2D eigenvalue weighted by Crippen LogP contribution is 2.58. The molecule has 8 aromatic rings. The molecule has 8 heteroatoms. The first-order valence-corrected chi connectivity index (χ1v) is 17.2. The van der Waals surface area contributed by atoms with E-state index in [0.717, 1.165) is 56.8 Å². The zero-order chi connectivity index (χ0) is 34.1. The van der Waals surface area contributed by atoms with E-state index >= 15 is 0 Å². The van der Waals surface area contributed by atoms with Gasteiger partial charge < -0.3 is 9.80 Å². The Hall–Kier alpha value is -6.02. The smallest absolute Gasteiger partial charge is 0.207 e. The molecule has 0 saturated carbocycles. The number of aryl methyl sites for hydroxylation is 2. The molecule has 0 amide bonds. The Morgan fingerprint density at radius 2 is 0.700 bits per heavy atom. The Kier molecular flexibility index (Phi) is 5.66. The van der Waals surface area contributed by atoms with Gasteiger partial charge in [0.05, 0.1) is 45.2 Å². The minimum Gasteiger partial charge on any atom is -0.308 e. The van der Waals surface area contributed by atoms with E-state index in [1.54, 1.807) is 0 Å². The van der Waals surface area contributed by atoms with Gasteiger partial charge in [0.2, 0.25) is 11.3 Å². The van der Waals surface area contributed by atoms with Gasteiger partial charge in [-0.05, 0) is 72.5 Å². The van der Waals surface area contributed by atoms with Crippen LogP contribution in [0.25, 0.3) is 22.3 Å². The predicted octanol–water partition coefficient (Wildman–Crippen LogP) is 9.76. The zero-order valence-electron chi connectivity index (χ0n) is 29.0. The van der Waals surface area contributed by atoms with Crippen molar-refractivity contribution in [3.8, 4) is 0 Å². The van der Waals surface area contributed by atoms with Crippen molar-refractivity contribution in [2.75, 3.05) is 9.80 Å². The molecule has 0 aliphatic carbocycles. The normalized spacial score (nSPS) is 15.6. The van der Waals surface area contributed by atoms with Crippen LogP contribution in [-0.2, 0) is 10.8 Å². The van der Waals surface area contributed by atoms with E-state index in [1.165, 1.54) is 22.3 Å². The third-order valence-corrected chi connectivity index (χ3v) is 11.2. The average molecular weight is 653 g/mol. The van der Waals surface area contributed by atoms with Gasteiger partial charge in [-0.15, -0.1) is 20.4 Å². The third kappa shape index (κ3) is 3.60. The number of benzene rings is 5. The van der Waals surface area contributed by atoms with Crippen molar-refractivity contribution in [2.24, 2.45) is 0 Å². The Bertz CT molecular complexity index is 2430. The number of fused-ring (bicyclic) bond motifs is 10. The number of nitrogens with zero attached hydrogens (tertiary/aromatic N) is 8. The maximum absolute atomic E-state index is 4.60. The molecule has 3 aromatic heterocycles. The molecule has 2 aliphatic heterocycles. The molecule has 0 unspecified atom stereocenters. The van der Waals surface area contributed by atoms with Crippen LogP contribution in [0, 0.1) is 13.8 Å². The van der Waals surface area contributed by atoms with Crippen LogP contribution in [0.15, 0.2) is 109 Å². The van der Waals surface area contributed by atoms with Crippen molar-refractivity contribution in [3.05, 3.63) is 143 Å². The average Bonchev–Trinajstić information content (AvgIpc) is 3.71. The molecule has 10 rings (SSSR count). The summed E-state index contributed by atoms with van der Waals surface area (Å²) in [5.41, 5.74) is 14.8. The number of anilines is 6. The summed E-state index contributed by atoms with van der Waals surface area (Å²) < 4.78 is 4.25. The quantitative estimate of drug-likeness (QED) is 0.185. The highest BCUT2D eigenvalue weighted by Gasteiger charge is 2.41. The van der Waals surface area contributed by atoms with Crippen molar-refractivity contribution in [2.45, 2.75) is 52.4 Å². The van der Waals surface area contributed by atoms with Gasteiger partial charge in [0.1, 0.15) is 11.6 Å². The lowest BCUT2D eigenvalue weighted by Crippen LogP contribution is -2.33. The fourth-order valence-electron chi connectivity index (χ4n) is 8.72. The van der Waals surface area contributed by atoms with E-state index in [2.05, 4.69) is 176 Å². The van der Waals surface area contributed by atoms with Gasteiger partial charge in [-0.3, -0.25) is 8.80 Å². The molecule has 0 saturated heterocycles. The molecule has 0 N–H and O–H groups in total. The van der Waals surface area contributed by atoms with Gasteiger partial charge in [0.25, 0.3) is 0 Å². The number of para-hydroxylation sites is 4. The third-order valence-electron chi connectivity index (χ3n) is 11.2. The maximum Gasteiger partial charge on any atom is 0.207 e. The van der Waals surface area contributed by atoms with E-state index in [-0.39, 0.29) is 10.8 Å². The maximum atomic E-state index is 4.60. The topological polar surface area (TPSA) is 66.9 Å². The summed E-state index contributed by atoms with van der Waals surface area (Å²) in [4.78, 5) is 4.93. The molecular formula is C42H36N8. The molecular weight excluding hydrogens is 617 g/mol. The summed E-state index contributed by atoms with van der Waals surface area (Å²) in [6.07, 6.45) is 0. The second-order valence-corrected chi connectivity index (χ2v) is 14.6. The fourth-order valence-corrected chi connectivity index (χ4v) is 8.72. The second-order valence-electron chi connectivity index (χ2n) is 14.6. The highest BCUT2D eigenvalue weighted by atomic mass is 15.3. The summed E-state index contributed by atoms with van der Waals surface area (Å²) in [6, 6.07) is 40.0. The summed E-state index contributed by atoms with van der Waals surface area (Å²) in [6.45, 7) is 13.3. The zero-order valence-corrected chi connectivity index (χ0v) is 29.0. The van der Waals surface area contributed by atoms with Crippen LogP contribution >= 0.6 is 0 Å². The van der Waals surface area contributed by atoms with Crippen LogP contribution in [0.1, 0.15) is 61.6 Å². The Labute approximate surface area is 290 Å². The molecule has 0 spiro atoms. The second kappa shape index (κ2) is 9.79. The molecule has 0 atom stereocenters. The number of aromatic nitrogens is 6. The molecule has 50 heavy (non-hydrogen) atoms. The van der Waals surface area contributed by atoms with Crippen molar-refractivity contribution in [3.63, 3.8) is 0 Å². The summed E-state index contributed by atoms with van der Waals surface area (Å²) in [5, 5.41) is 18.3. The van der Waals surface area contributed by atoms with E-state index in [4.69, 9.17) is 0 Å². The summed E-state index contributed by atoms with van der Waals surface area (Å²) in [7, 11) is 0. The molecule has 0 fully saturated rings. The molecule has 2 aliphatic rings. The molecule has 5 heterocycles. The number of rotatable bonds is 2. The largest absolute Gasteiger partial charge is 0.308 e. The SMILES string of the molecule is Cc1nnc2c3nnc(C)n3c3cc(N4c5ccccc5C(C)(C)c5ccccc54)c(N4c5ccccc5C(C)(C)c5ccccc54)cc3n12. The molecule has 0 radical (unpaired) electrons. The van der Waals surface area contributed by atoms with Gasteiger partial charge >= 0.3 is 0 Å². The van der Waals surface area contributed by atoms with Crippen molar-refractivity contribution in [1.29, 1.82) is 0 Å². The van der Waals surface area contributed by atoms with Crippen molar-refractivity contribution in [1.82, 2.24) is 29.2 Å². The first kappa shape index (κ1) is 28.9. The Morgan fingerprint density at radius 1 is 0.400 bits per heavy atom. The Morgan fingerprint density at radius 3 is 1.02 bits per heavy atom. The van der Waals surface area contributed by atoms with Gasteiger partial charge in [-0.25, -0.2) is 0 Å². The van der Waals surface area contributed by atoms with Crippen LogP contribution < -0.4 is 9.80 Å². The molecule has 244 valence electrons. The van der Waals surface area contributed by atoms with Gasteiger partial charge in [0.15, 0.2) is 0 Å². The summed E-state index contributed by atoms with van der Waals surface area (Å²) in [5.74, 6) is 1.59. The van der Waals surface area contributed by atoms with Gasteiger partial charge in [0, 0.05) is 10.8 Å². The molecule has 8 nitrogen and oxygen atoms in total. The standard InChI is InChI=1S/C42H36N8/c1-25-43-45-39-40-46-44-26(2)48(40)36-24-38(50-33-21-13-9-17-29(33)42(5,6)30-18-10-14-22-34(30)50)37(23-35(36)47(25)39)49-31-19-11-7-15-27(31)41(3,4)28-16-8-12-20-32(28)49/h7-24H,1-6H3. The van der Waals surface area contributed by atoms with Crippen LogP contribution in [0.3, 0.4) is 0 Å². The van der Waals surface area contributed by atoms with Crippen LogP contribution in [-0.4, -0.2) is 29.2 Å². The van der Waals surface area contributed by atoms with E-state index in [9.17, 15) is 0 Å². The van der Waals surface area contributed by atoms with Crippen LogP contribution in [0.2, 0.25) is 0 Å². The van der Waals surface area contributed by atoms with E-state index in [1.807, 2.05) is 13.8 Å². The van der Waals surface area contributed by atoms with Crippen molar-refractivity contribution < 1.29 is 0 Å². The van der Waals surface area contributed by atoms with Gasteiger partial charge in [-0.1, -0.05) is 100 Å². The number of hydrogen-bond acceptors (Lipinski definition) is 6. The van der Waals surface area contributed by atoms with Gasteiger partial charge in [-0.2, -0.15) is 0 Å². The summed E-state index contributed by atoms with van der Waals surface area (Å²) >= 11 is 0. The van der Waals surface area contributed by atoms with E-state index in [0.29, 0.717) is 11.3 Å². The van der Waals surface area contributed by atoms with Crippen molar-refractivity contribution >= 4 is 56.5 Å². The minimum atomic E-state index is -0.196. The molecule has 5 aromatic carbocycles. The van der Waals surface area contributed by atoms with Crippen LogP contribution in [0.4, 0.5) is 34.1 Å². The minimum absolute atomic E-state index is 0.196. The fraction of sp³-hybridized carbons (Fsp3) is 0.190. The lowest BCUT2D eigenvalue weighted by molar-refractivity contribution is 0.630. The predicted molar refractivity (Wildman–Crippen MR) is 200 cm³/mol. The molecule has 0 bridgehead atoms. The van der Waals surface area contributed by atoms with Crippen LogP contribution in [0.5, 0.6) is 0 Å². The lowest BCUT2D eigenvalue weighted by Gasteiger charge is -2.45. The monoisotopic (exact) mass is 652 g/mol. The number of hydrogen-bond donors (Lipinski definition) is 0.